The zero-order valence-corrected chi connectivity index (χ0v) is 44.7. The molecule has 370 valence electrons. The van der Waals surface area contributed by atoms with Crippen molar-refractivity contribution < 1.29 is 0 Å². The molecule has 0 radical (unpaired) electrons. The van der Waals surface area contributed by atoms with Crippen molar-refractivity contribution in [3.8, 4) is 56.0 Å². The van der Waals surface area contributed by atoms with E-state index < -0.39 is 0 Å². The summed E-state index contributed by atoms with van der Waals surface area (Å²) in [4.78, 5) is 2.43. The van der Waals surface area contributed by atoms with Crippen LogP contribution in [0.2, 0.25) is 0 Å². The van der Waals surface area contributed by atoms with E-state index in [1.54, 1.807) is 0 Å². The van der Waals surface area contributed by atoms with E-state index in [4.69, 9.17) is 0 Å². The van der Waals surface area contributed by atoms with Crippen molar-refractivity contribution in [3.05, 3.63) is 271 Å². The minimum Gasteiger partial charge on any atom is -0.310 e. The lowest BCUT2D eigenvalue weighted by atomic mass is 9.81. The minimum atomic E-state index is -0.208. The molecular formula is C74H53N3S. The van der Waals surface area contributed by atoms with Crippen molar-refractivity contribution in [1.29, 1.82) is 0 Å². The van der Waals surface area contributed by atoms with E-state index in [0.717, 1.165) is 28.4 Å². The molecule has 3 nitrogen and oxygen atoms in total. The zero-order valence-electron chi connectivity index (χ0n) is 43.9. The number of fused-ring (bicyclic) bond motifs is 14. The van der Waals surface area contributed by atoms with Crippen LogP contribution in [0.4, 0.5) is 17.1 Å². The Bertz CT molecular complexity index is 4760. The average molecular weight is 1020 g/mol. The highest BCUT2D eigenvalue weighted by molar-refractivity contribution is 7.26. The lowest BCUT2D eigenvalue weighted by molar-refractivity contribution is 0.660. The summed E-state index contributed by atoms with van der Waals surface area (Å²) in [5.74, 6) is 0. The Kier molecular flexibility index (Phi) is 9.60. The van der Waals surface area contributed by atoms with E-state index in [1.165, 1.54) is 120 Å². The second kappa shape index (κ2) is 16.6. The zero-order chi connectivity index (χ0) is 52.0. The highest BCUT2D eigenvalue weighted by Crippen LogP contribution is 2.56. The fraction of sp³-hybridized carbons (Fsp3) is 0.0811. The summed E-state index contributed by atoms with van der Waals surface area (Å²) >= 11 is 1.89. The van der Waals surface area contributed by atoms with E-state index in [2.05, 4.69) is 290 Å². The van der Waals surface area contributed by atoms with Crippen LogP contribution in [0.15, 0.2) is 249 Å². The molecule has 0 saturated carbocycles. The van der Waals surface area contributed by atoms with Crippen LogP contribution in [-0.4, -0.2) is 9.13 Å². The van der Waals surface area contributed by atoms with Crippen LogP contribution in [0.1, 0.15) is 49.9 Å². The predicted molar refractivity (Wildman–Crippen MR) is 331 cm³/mol. The van der Waals surface area contributed by atoms with Gasteiger partial charge in [0.15, 0.2) is 0 Å². The monoisotopic (exact) mass is 1020 g/mol. The molecule has 78 heavy (non-hydrogen) atoms. The van der Waals surface area contributed by atoms with Crippen molar-refractivity contribution in [2.75, 3.05) is 4.90 Å². The van der Waals surface area contributed by atoms with Crippen molar-refractivity contribution in [1.82, 2.24) is 9.13 Å². The molecule has 0 spiro atoms. The number of aromatic nitrogens is 2. The lowest BCUT2D eigenvalue weighted by Gasteiger charge is -2.28. The van der Waals surface area contributed by atoms with Gasteiger partial charge in [-0.1, -0.05) is 185 Å². The standard InChI is InChI=1S/C74H53N3S/c1-73(2)63-27-14-11-22-55(63)56-40-39-53(43-65(56)73)75(50-33-30-47(31-34-50)46-18-7-5-8-19-46)51-35-37-52(38-36-51)76-66-41-32-48(54-25-17-26-58-57-23-13-16-29-69(57)78-72(54)58)42-60(66)61-44-62-68(45-67(61)76)77(49-20-9-6-10-21-49)71-59-24-12-15-28-64(59)74(3,4)70(62)71/h5-45H,1-4H3. The number of benzene rings is 11. The number of hydrogen-bond acceptors (Lipinski definition) is 2. The van der Waals surface area contributed by atoms with E-state index in [9.17, 15) is 0 Å². The lowest BCUT2D eigenvalue weighted by Crippen LogP contribution is -2.16. The largest absolute Gasteiger partial charge is 0.310 e. The number of nitrogens with zero attached hydrogens (tertiary/aromatic N) is 3. The molecule has 3 aromatic heterocycles. The third-order valence-corrected chi connectivity index (χ3v) is 18.7. The van der Waals surface area contributed by atoms with E-state index in [0.29, 0.717) is 0 Å². The van der Waals surface area contributed by atoms with Crippen LogP contribution in [0.25, 0.3) is 109 Å². The number of thiophene rings is 1. The summed E-state index contributed by atoms with van der Waals surface area (Å²) in [6.07, 6.45) is 0. The summed E-state index contributed by atoms with van der Waals surface area (Å²) in [7, 11) is 0. The number of hydrogen-bond donors (Lipinski definition) is 0. The quantitative estimate of drug-likeness (QED) is 0.155. The second-order valence-corrected chi connectivity index (χ2v) is 23.5. The highest BCUT2D eigenvalue weighted by atomic mass is 32.1. The van der Waals surface area contributed by atoms with Gasteiger partial charge in [-0.25, -0.2) is 0 Å². The fourth-order valence-corrected chi connectivity index (χ4v) is 15.0. The van der Waals surface area contributed by atoms with Crippen LogP contribution >= 0.6 is 11.3 Å². The van der Waals surface area contributed by atoms with Gasteiger partial charge in [0, 0.05) is 81.2 Å². The van der Waals surface area contributed by atoms with Crippen LogP contribution in [0, 0.1) is 0 Å². The summed E-state index contributed by atoms with van der Waals surface area (Å²) in [6, 6.07) is 92.9. The molecule has 2 aliphatic carbocycles. The normalized spacial score (nSPS) is 13.8. The summed E-state index contributed by atoms with van der Waals surface area (Å²) in [5.41, 5.74) is 24.4. The van der Waals surface area contributed by atoms with Gasteiger partial charge in [0.1, 0.15) is 0 Å². The van der Waals surface area contributed by atoms with Gasteiger partial charge < -0.3 is 14.0 Å². The van der Waals surface area contributed by atoms with Crippen LogP contribution in [0.3, 0.4) is 0 Å². The van der Waals surface area contributed by atoms with Crippen LogP contribution in [0.5, 0.6) is 0 Å². The van der Waals surface area contributed by atoms with Crippen molar-refractivity contribution in [2.24, 2.45) is 0 Å². The van der Waals surface area contributed by atoms with Gasteiger partial charge in [-0.05, 0) is 147 Å². The molecule has 4 heteroatoms. The van der Waals surface area contributed by atoms with Crippen LogP contribution in [-0.2, 0) is 10.8 Å². The first-order chi connectivity index (χ1) is 38.2. The molecule has 0 unspecified atom stereocenters. The maximum atomic E-state index is 2.54. The molecule has 3 heterocycles. The molecule has 0 bridgehead atoms. The van der Waals surface area contributed by atoms with Gasteiger partial charge in [-0.2, -0.15) is 0 Å². The van der Waals surface area contributed by atoms with Gasteiger partial charge in [-0.15, -0.1) is 11.3 Å². The number of rotatable bonds is 7. The summed E-state index contributed by atoms with van der Waals surface area (Å²) in [5, 5.41) is 6.41. The molecule has 14 aromatic rings. The first kappa shape index (κ1) is 45.0. The van der Waals surface area contributed by atoms with E-state index in [1.807, 2.05) is 11.3 Å². The van der Waals surface area contributed by atoms with E-state index >= 15 is 0 Å². The molecule has 2 aliphatic rings. The molecule has 0 amide bonds. The molecule has 0 N–H and O–H groups in total. The maximum Gasteiger partial charge on any atom is 0.0585 e. The Hall–Kier alpha value is -9.22. The first-order valence-electron chi connectivity index (χ1n) is 27.2. The second-order valence-electron chi connectivity index (χ2n) is 22.5. The van der Waals surface area contributed by atoms with Gasteiger partial charge in [-0.3, -0.25) is 0 Å². The Labute approximate surface area is 458 Å². The van der Waals surface area contributed by atoms with Gasteiger partial charge in [0.05, 0.1) is 22.2 Å². The third kappa shape index (κ3) is 6.44. The Morgan fingerprint density at radius 1 is 0.333 bits per heavy atom. The van der Waals surface area contributed by atoms with E-state index in [-0.39, 0.29) is 10.8 Å². The molecule has 0 aliphatic heterocycles. The Morgan fingerprint density at radius 2 is 0.897 bits per heavy atom. The summed E-state index contributed by atoms with van der Waals surface area (Å²) in [6.45, 7) is 9.56. The molecule has 16 rings (SSSR count). The smallest absolute Gasteiger partial charge is 0.0585 e. The summed E-state index contributed by atoms with van der Waals surface area (Å²) < 4.78 is 7.69. The average Bonchev–Trinajstić information content (AvgIpc) is 4.31. The minimum absolute atomic E-state index is 0.138. The van der Waals surface area contributed by atoms with Crippen molar-refractivity contribution >= 4 is 81.3 Å². The van der Waals surface area contributed by atoms with Crippen molar-refractivity contribution in [3.63, 3.8) is 0 Å². The first-order valence-corrected chi connectivity index (χ1v) is 28.1. The van der Waals surface area contributed by atoms with Gasteiger partial charge in [0.25, 0.3) is 0 Å². The fourth-order valence-electron chi connectivity index (χ4n) is 13.8. The molecular weight excluding hydrogens is 963 g/mol. The molecule has 0 saturated heterocycles. The molecule has 11 aromatic carbocycles. The molecule has 0 atom stereocenters. The van der Waals surface area contributed by atoms with Gasteiger partial charge in [0.2, 0.25) is 0 Å². The number of anilines is 3. The highest BCUT2D eigenvalue weighted by Gasteiger charge is 2.41. The topological polar surface area (TPSA) is 13.1 Å². The maximum absolute atomic E-state index is 2.54. The van der Waals surface area contributed by atoms with Crippen LogP contribution < -0.4 is 4.90 Å². The molecule has 0 fully saturated rings. The van der Waals surface area contributed by atoms with Crippen molar-refractivity contribution in [2.45, 2.75) is 38.5 Å². The predicted octanol–water partition coefficient (Wildman–Crippen LogP) is 20.5. The van der Waals surface area contributed by atoms with Gasteiger partial charge >= 0.3 is 0 Å². The SMILES string of the molecule is CC1(C)c2ccccc2-c2ccc(N(c3ccc(-c4ccccc4)cc3)c3ccc(-n4c5ccc(-c6cccc7c6sc6ccccc67)cc5c5cc6c7c(n(-c8ccccc8)c6cc54)-c4ccccc4C7(C)C)cc3)cc21. The third-order valence-electron chi connectivity index (χ3n) is 17.5. The Balaban J connectivity index is 0.917. The Morgan fingerprint density at radius 3 is 1.68 bits per heavy atom. The number of para-hydroxylation sites is 1.